The number of esters is 1. The maximum absolute atomic E-state index is 12.1. The van der Waals surface area contributed by atoms with Crippen molar-refractivity contribution in [3.8, 4) is 11.5 Å². The molecule has 4 heteroatoms. The van der Waals surface area contributed by atoms with Crippen LogP contribution < -0.4 is 4.74 Å². The Morgan fingerprint density at radius 2 is 1.67 bits per heavy atom. The molecular weight excluding hydrogens is 268 g/mol. The van der Waals surface area contributed by atoms with Crippen LogP contribution in [0, 0.1) is 0 Å². The quantitative estimate of drug-likeness (QED) is 0.881. The van der Waals surface area contributed by atoms with Gasteiger partial charge in [-0.2, -0.15) is 0 Å². The van der Waals surface area contributed by atoms with Gasteiger partial charge in [-0.25, -0.2) is 0 Å². The second kappa shape index (κ2) is 5.48. The van der Waals surface area contributed by atoms with E-state index in [0.29, 0.717) is 6.61 Å². The van der Waals surface area contributed by atoms with Gasteiger partial charge in [-0.3, -0.25) is 4.79 Å². The van der Waals surface area contributed by atoms with E-state index in [4.69, 9.17) is 9.47 Å². The van der Waals surface area contributed by atoms with Gasteiger partial charge in [0.2, 0.25) is 0 Å². The predicted octanol–water partition coefficient (Wildman–Crippen LogP) is 2.83. The minimum absolute atomic E-state index is 0.0357. The van der Waals surface area contributed by atoms with E-state index in [-0.39, 0.29) is 23.6 Å². The van der Waals surface area contributed by atoms with Gasteiger partial charge in [0.15, 0.2) is 0 Å². The molecule has 1 aliphatic heterocycles. The van der Waals surface area contributed by atoms with E-state index in [9.17, 15) is 9.90 Å². The third-order valence-electron chi connectivity index (χ3n) is 3.86. The van der Waals surface area contributed by atoms with E-state index in [1.807, 2.05) is 36.4 Å². The highest BCUT2D eigenvalue weighted by molar-refractivity contribution is 5.82. The molecule has 21 heavy (non-hydrogen) atoms. The lowest BCUT2D eigenvalue weighted by Crippen LogP contribution is -2.12. The standard InChI is InChI=1S/C17H16O4/c1-20-14-8-4-12(5-9-14)16-15(10-21-17(16)19)11-2-6-13(18)7-3-11/h2-9,15-16,18H,10H2,1H3. The summed E-state index contributed by atoms with van der Waals surface area (Å²) in [5, 5.41) is 9.38. The second-order valence-electron chi connectivity index (χ2n) is 5.08. The average Bonchev–Trinajstić information content (AvgIpc) is 2.90. The van der Waals surface area contributed by atoms with E-state index in [1.54, 1.807) is 19.2 Å². The smallest absolute Gasteiger partial charge is 0.314 e. The van der Waals surface area contributed by atoms with E-state index >= 15 is 0 Å². The fourth-order valence-electron chi connectivity index (χ4n) is 2.71. The molecule has 3 rings (SSSR count). The number of hydrogen-bond donors (Lipinski definition) is 1. The maximum Gasteiger partial charge on any atom is 0.314 e. The van der Waals surface area contributed by atoms with Crippen molar-refractivity contribution in [1.82, 2.24) is 0 Å². The number of cyclic esters (lactones) is 1. The lowest BCUT2D eigenvalue weighted by Gasteiger charge is -2.16. The molecule has 0 aliphatic carbocycles. The summed E-state index contributed by atoms with van der Waals surface area (Å²) >= 11 is 0. The highest BCUT2D eigenvalue weighted by Crippen LogP contribution is 2.39. The normalized spacial score (nSPS) is 21.1. The lowest BCUT2D eigenvalue weighted by molar-refractivity contribution is -0.139. The summed E-state index contributed by atoms with van der Waals surface area (Å²) in [5.41, 5.74) is 1.90. The molecule has 0 saturated carbocycles. The number of carbonyl (C=O) groups is 1. The number of ether oxygens (including phenoxy) is 2. The topological polar surface area (TPSA) is 55.8 Å². The van der Waals surface area contributed by atoms with Gasteiger partial charge in [-0.05, 0) is 35.4 Å². The molecular formula is C17H16O4. The van der Waals surface area contributed by atoms with E-state index in [1.165, 1.54) is 0 Å². The van der Waals surface area contributed by atoms with Gasteiger partial charge in [0.1, 0.15) is 11.5 Å². The van der Waals surface area contributed by atoms with Crippen LogP contribution in [0.1, 0.15) is 23.0 Å². The first-order valence-electron chi connectivity index (χ1n) is 6.78. The summed E-state index contributed by atoms with van der Waals surface area (Å²) in [7, 11) is 1.61. The molecule has 2 aromatic rings. The minimum atomic E-state index is -0.319. The van der Waals surface area contributed by atoms with Crippen molar-refractivity contribution >= 4 is 5.97 Å². The highest BCUT2D eigenvalue weighted by atomic mass is 16.5. The number of carbonyl (C=O) groups excluding carboxylic acids is 1. The third kappa shape index (κ3) is 2.57. The number of rotatable bonds is 3. The van der Waals surface area contributed by atoms with E-state index in [2.05, 4.69) is 0 Å². The Bertz CT molecular complexity index is 631. The molecule has 1 fully saturated rings. The molecule has 0 radical (unpaired) electrons. The van der Waals surface area contributed by atoms with Crippen LogP contribution >= 0.6 is 0 Å². The van der Waals surface area contributed by atoms with Gasteiger partial charge in [0, 0.05) is 5.92 Å². The molecule has 0 spiro atoms. The monoisotopic (exact) mass is 284 g/mol. The molecule has 0 aromatic heterocycles. The zero-order valence-electron chi connectivity index (χ0n) is 11.7. The fraction of sp³-hybridized carbons (Fsp3) is 0.235. The van der Waals surface area contributed by atoms with E-state index in [0.717, 1.165) is 16.9 Å². The van der Waals surface area contributed by atoms with Gasteiger partial charge < -0.3 is 14.6 Å². The first kappa shape index (κ1) is 13.5. The molecule has 4 nitrogen and oxygen atoms in total. The van der Waals surface area contributed by atoms with Crippen LogP contribution in [-0.4, -0.2) is 24.8 Å². The minimum Gasteiger partial charge on any atom is -0.508 e. The molecule has 2 aromatic carbocycles. The Morgan fingerprint density at radius 1 is 1.05 bits per heavy atom. The van der Waals surface area contributed by atoms with Crippen LogP contribution in [0.2, 0.25) is 0 Å². The Morgan fingerprint density at radius 3 is 2.29 bits per heavy atom. The molecule has 2 unspecified atom stereocenters. The van der Waals surface area contributed by atoms with Crippen LogP contribution in [-0.2, 0) is 9.53 Å². The number of aromatic hydroxyl groups is 1. The van der Waals surface area contributed by atoms with Crippen LogP contribution in [0.15, 0.2) is 48.5 Å². The lowest BCUT2D eigenvalue weighted by atomic mass is 9.83. The van der Waals surface area contributed by atoms with Crippen molar-refractivity contribution in [2.45, 2.75) is 11.8 Å². The predicted molar refractivity (Wildman–Crippen MR) is 77.5 cm³/mol. The van der Waals surface area contributed by atoms with Crippen molar-refractivity contribution in [2.75, 3.05) is 13.7 Å². The van der Waals surface area contributed by atoms with Gasteiger partial charge in [0.05, 0.1) is 19.6 Å². The Balaban J connectivity index is 1.93. The van der Waals surface area contributed by atoms with Crippen LogP contribution in [0.3, 0.4) is 0 Å². The summed E-state index contributed by atoms with van der Waals surface area (Å²) in [6, 6.07) is 14.4. The summed E-state index contributed by atoms with van der Waals surface area (Å²) < 4.78 is 10.4. The molecule has 0 amide bonds. The van der Waals surface area contributed by atoms with Crippen molar-refractivity contribution < 1.29 is 19.4 Å². The Labute approximate surface area is 122 Å². The van der Waals surface area contributed by atoms with Crippen molar-refractivity contribution in [2.24, 2.45) is 0 Å². The van der Waals surface area contributed by atoms with Gasteiger partial charge in [-0.15, -0.1) is 0 Å². The molecule has 108 valence electrons. The van der Waals surface area contributed by atoms with Gasteiger partial charge >= 0.3 is 5.97 Å². The first-order chi connectivity index (χ1) is 10.2. The van der Waals surface area contributed by atoms with Gasteiger partial charge in [0.25, 0.3) is 0 Å². The SMILES string of the molecule is COc1ccc(C2C(=O)OCC2c2ccc(O)cc2)cc1. The van der Waals surface area contributed by atoms with Crippen molar-refractivity contribution in [3.05, 3.63) is 59.7 Å². The largest absolute Gasteiger partial charge is 0.508 e. The van der Waals surface area contributed by atoms with Crippen LogP contribution in [0.25, 0.3) is 0 Å². The second-order valence-corrected chi connectivity index (χ2v) is 5.08. The molecule has 2 atom stereocenters. The fourth-order valence-corrected chi connectivity index (χ4v) is 2.71. The highest BCUT2D eigenvalue weighted by Gasteiger charge is 2.38. The molecule has 0 bridgehead atoms. The van der Waals surface area contributed by atoms with Crippen molar-refractivity contribution in [3.63, 3.8) is 0 Å². The maximum atomic E-state index is 12.1. The molecule has 1 heterocycles. The average molecular weight is 284 g/mol. The summed E-state index contributed by atoms with van der Waals surface area (Å²) in [6.45, 7) is 0.361. The summed E-state index contributed by atoms with van der Waals surface area (Å²) in [4.78, 5) is 12.1. The van der Waals surface area contributed by atoms with Gasteiger partial charge in [-0.1, -0.05) is 24.3 Å². The Kier molecular flexibility index (Phi) is 3.52. The first-order valence-corrected chi connectivity index (χ1v) is 6.78. The molecule has 1 aliphatic rings. The number of benzene rings is 2. The third-order valence-corrected chi connectivity index (χ3v) is 3.86. The van der Waals surface area contributed by atoms with Crippen LogP contribution in [0.4, 0.5) is 0 Å². The number of methoxy groups -OCH3 is 1. The number of hydrogen-bond acceptors (Lipinski definition) is 4. The number of phenols is 1. The molecule has 1 N–H and O–H groups in total. The van der Waals surface area contributed by atoms with Crippen LogP contribution in [0.5, 0.6) is 11.5 Å². The summed E-state index contributed by atoms with van der Waals surface area (Å²) in [5.74, 6) is 0.404. The van der Waals surface area contributed by atoms with Crippen molar-refractivity contribution in [1.29, 1.82) is 0 Å². The zero-order chi connectivity index (χ0) is 14.8. The molecule has 1 saturated heterocycles. The Hall–Kier alpha value is -2.49. The summed E-state index contributed by atoms with van der Waals surface area (Å²) in [6.07, 6.45) is 0. The number of phenolic OH excluding ortho intramolecular Hbond substituents is 1. The van der Waals surface area contributed by atoms with E-state index < -0.39 is 0 Å². The zero-order valence-corrected chi connectivity index (χ0v) is 11.7.